The summed E-state index contributed by atoms with van der Waals surface area (Å²) in [5.74, 6) is 0.505. The number of rotatable bonds is 4. The number of ketones is 2. The molecule has 0 bridgehead atoms. The van der Waals surface area contributed by atoms with E-state index < -0.39 is 0 Å². The van der Waals surface area contributed by atoms with Crippen LogP contribution in [0.1, 0.15) is 32.1 Å². The second-order valence-electron chi connectivity index (χ2n) is 3.27. The van der Waals surface area contributed by atoms with Crippen molar-refractivity contribution >= 4 is 11.6 Å². The summed E-state index contributed by atoms with van der Waals surface area (Å²) in [7, 11) is 0. The zero-order chi connectivity index (χ0) is 8.97. The van der Waals surface area contributed by atoms with E-state index in [4.69, 9.17) is 0 Å². The quantitative estimate of drug-likeness (QED) is 0.598. The van der Waals surface area contributed by atoms with Crippen molar-refractivity contribution in [2.75, 3.05) is 0 Å². The molecule has 0 aromatic rings. The maximum atomic E-state index is 11.3. The molecule has 0 aliphatic heterocycles. The van der Waals surface area contributed by atoms with Gasteiger partial charge < -0.3 is 0 Å². The van der Waals surface area contributed by atoms with Gasteiger partial charge in [0.25, 0.3) is 0 Å². The largest absolute Gasteiger partial charge is 0.300 e. The Balaban J connectivity index is 2.32. The Morgan fingerprint density at radius 1 is 1.67 bits per heavy atom. The zero-order valence-electron chi connectivity index (χ0n) is 7.21. The smallest absolute Gasteiger partial charge is 0.136 e. The minimum Gasteiger partial charge on any atom is -0.300 e. The number of carbonyl (C=O) groups excluding carboxylic acids is 2. The topological polar surface area (TPSA) is 34.1 Å². The molecule has 1 fully saturated rings. The van der Waals surface area contributed by atoms with Gasteiger partial charge in [-0.2, -0.15) is 0 Å². The summed E-state index contributed by atoms with van der Waals surface area (Å²) < 4.78 is 0. The van der Waals surface area contributed by atoms with Gasteiger partial charge in [-0.05, 0) is 12.8 Å². The molecule has 2 nitrogen and oxygen atoms in total. The summed E-state index contributed by atoms with van der Waals surface area (Å²) in [6.07, 6.45) is 4.90. The molecule has 0 heterocycles. The van der Waals surface area contributed by atoms with Gasteiger partial charge in [-0.1, -0.05) is 6.08 Å². The first kappa shape index (κ1) is 9.17. The summed E-state index contributed by atoms with van der Waals surface area (Å²) in [6.45, 7) is 3.56. The molecule has 0 aromatic heterocycles. The summed E-state index contributed by atoms with van der Waals surface area (Å²) in [6, 6.07) is 0. The lowest BCUT2D eigenvalue weighted by Crippen LogP contribution is -2.10. The van der Waals surface area contributed by atoms with Crippen molar-refractivity contribution < 1.29 is 9.59 Å². The lowest BCUT2D eigenvalue weighted by molar-refractivity contribution is -0.124. The summed E-state index contributed by atoms with van der Waals surface area (Å²) >= 11 is 0. The highest BCUT2D eigenvalue weighted by Gasteiger charge is 2.26. The van der Waals surface area contributed by atoms with Gasteiger partial charge in [-0.3, -0.25) is 9.59 Å². The molecule has 0 amide bonds. The molecule has 1 aliphatic carbocycles. The van der Waals surface area contributed by atoms with Crippen LogP contribution in [-0.2, 0) is 9.59 Å². The fourth-order valence-corrected chi connectivity index (χ4v) is 1.54. The van der Waals surface area contributed by atoms with Crippen molar-refractivity contribution in [1.29, 1.82) is 0 Å². The van der Waals surface area contributed by atoms with Gasteiger partial charge in [0, 0.05) is 25.2 Å². The Hall–Kier alpha value is -0.920. The molecule has 66 valence electrons. The van der Waals surface area contributed by atoms with E-state index >= 15 is 0 Å². The highest BCUT2D eigenvalue weighted by Crippen LogP contribution is 2.24. The van der Waals surface area contributed by atoms with Gasteiger partial charge in [0.1, 0.15) is 11.6 Å². The minimum atomic E-state index is 0.0254. The number of carbonyl (C=O) groups is 2. The SMILES string of the molecule is C=CCCC(=O)C1CCC(=O)C1. The highest BCUT2D eigenvalue weighted by molar-refractivity contribution is 5.91. The normalized spacial score (nSPS) is 22.7. The third kappa shape index (κ3) is 2.29. The van der Waals surface area contributed by atoms with E-state index in [-0.39, 0.29) is 17.5 Å². The first-order chi connectivity index (χ1) is 5.74. The van der Waals surface area contributed by atoms with Crippen LogP contribution >= 0.6 is 0 Å². The van der Waals surface area contributed by atoms with E-state index in [9.17, 15) is 9.59 Å². The maximum Gasteiger partial charge on any atom is 0.136 e. The molecule has 1 atom stereocenters. The van der Waals surface area contributed by atoms with E-state index in [1.165, 1.54) is 0 Å². The number of hydrogen-bond donors (Lipinski definition) is 0. The third-order valence-electron chi connectivity index (χ3n) is 2.30. The predicted molar refractivity (Wildman–Crippen MR) is 46.8 cm³/mol. The summed E-state index contributed by atoms with van der Waals surface area (Å²) in [4.78, 5) is 22.2. The molecular weight excluding hydrogens is 152 g/mol. The van der Waals surface area contributed by atoms with Crippen molar-refractivity contribution in [2.24, 2.45) is 5.92 Å². The molecule has 1 rings (SSSR count). The molecule has 2 heteroatoms. The molecule has 0 spiro atoms. The van der Waals surface area contributed by atoms with E-state index in [0.29, 0.717) is 19.3 Å². The second kappa shape index (κ2) is 4.19. The van der Waals surface area contributed by atoms with Crippen LogP contribution in [0.4, 0.5) is 0 Å². The average Bonchev–Trinajstić information content (AvgIpc) is 2.47. The molecule has 0 N–H and O–H groups in total. The fourth-order valence-electron chi connectivity index (χ4n) is 1.54. The lowest BCUT2D eigenvalue weighted by Gasteiger charge is -2.04. The maximum absolute atomic E-state index is 11.3. The summed E-state index contributed by atoms with van der Waals surface area (Å²) in [5, 5.41) is 0. The third-order valence-corrected chi connectivity index (χ3v) is 2.30. The van der Waals surface area contributed by atoms with Crippen LogP contribution in [0.15, 0.2) is 12.7 Å². The van der Waals surface area contributed by atoms with E-state index in [1.807, 2.05) is 0 Å². The van der Waals surface area contributed by atoms with Crippen LogP contribution in [0.5, 0.6) is 0 Å². The molecular formula is C10H14O2. The van der Waals surface area contributed by atoms with Crippen molar-refractivity contribution in [3.63, 3.8) is 0 Å². The van der Waals surface area contributed by atoms with E-state index in [1.54, 1.807) is 6.08 Å². The van der Waals surface area contributed by atoms with Crippen LogP contribution in [0, 0.1) is 5.92 Å². The van der Waals surface area contributed by atoms with Gasteiger partial charge in [-0.15, -0.1) is 6.58 Å². The Morgan fingerprint density at radius 3 is 2.92 bits per heavy atom. The molecule has 0 radical (unpaired) electrons. The van der Waals surface area contributed by atoms with Crippen molar-refractivity contribution in [3.05, 3.63) is 12.7 Å². The molecule has 0 saturated heterocycles. The van der Waals surface area contributed by atoms with E-state index in [0.717, 1.165) is 12.8 Å². The average molecular weight is 166 g/mol. The van der Waals surface area contributed by atoms with Crippen molar-refractivity contribution in [1.82, 2.24) is 0 Å². The first-order valence-electron chi connectivity index (χ1n) is 4.39. The second-order valence-corrected chi connectivity index (χ2v) is 3.27. The fraction of sp³-hybridized carbons (Fsp3) is 0.600. The monoisotopic (exact) mass is 166 g/mol. The molecule has 0 aromatic carbocycles. The first-order valence-corrected chi connectivity index (χ1v) is 4.39. The van der Waals surface area contributed by atoms with Gasteiger partial charge >= 0.3 is 0 Å². The number of allylic oxidation sites excluding steroid dienone is 1. The molecule has 12 heavy (non-hydrogen) atoms. The van der Waals surface area contributed by atoms with E-state index in [2.05, 4.69) is 6.58 Å². The summed E-state index contributed by atoms with van der Waals surface area (Å²) in [5.41, 5.74) is 0. The molecule has 1 saturated carbocycles. The van der Waals surface area contributed by atoms with Crippen LogP contribution in [-0.4, -0.2) is 11.6 Å². The van der Waals surface area contributed by atoms with Gasteiger partial charge in [0.05, 0.1) is 0 Å². The highest BCUT2D eigenvalue weighted by atomic mass is 16.1. The zero-order valence-corrected chi connectivity index (χ0v) is 7.21. The van der Waals surface area contributed by atoms with Gasteiger partial charge in [-0.25, -0.2) is 0 Å². The van der Waals surface area contributed by atoms with Crippen LogP contribution in [0.25, 0.3) is 0 Å². The minimum absolute atomic E-state index is 0.0254. The van der Waals surface area contributed by atoms with Crippen molar-refractivity contribution in [2.45, 2.75) is 32.1 Å². The number of Topliss-reactive ketones (excluding diaryl/α,β-unsaturated/α-hetero) is 2. The van der Waals surface area contributed by atoms with Gasteiger partial charge in [0.15, 0.2) is 0 Å². The van der Waals surface area contributed by atoms with Crippen LogP contribution in [0.2, 0.25) is 0 Å². The van der Waals surface area contributed by atoms with Gasteiger partial charge in [0.2, 0.25) is 0 Å². The Bertz CT molecular complexity index is 206. The number of hydrogen-bond acceptors (Lipinski definition) is 2. The molecule has 1 aliphatic rings. The lowest BCUT2D eigenvalue weighted by atomic mass is 9.99. The Labute approximate surface area is 72.7 Å². The Morgan fingerprint density at radius 2 is 2.42 bits per heavy atom. The predicted octanol–water partition coefficient (Wildman–Crippen LogP) is 1.89. The standard InChI is InChI=1S/C10H14O2/c1-2-3-4-10(12)8-5-6-9(11)7-8/h2,8H,1,3-7H2. The molecule has 1 unspecified atom stereocenters. The van der Waals surface area contributed by atoms with Crippen LogP contribution in [0.3, 0.4) is 0 Å². The Kier molecular flexibility index (Phi) is 3.20. The van der Waals surface area contributed by atoms with Crippen molar-refractivity contribution in [3.8, 4) is 0 Å². The van der Waals surface area contributed by atoms with Crippen LogP contribution < -0.4 is 0 Å².